The largest absolute Gasteiger partial charge is 0.393 e. The van der Waals surface area contributed by atoms with Crippen LogP contribution in [0.15, 0.2) is 80.5 Å². The van der Waals surface area contributed by atoms with Crippen LogP contribution < -0.4 is 22.1 Å². The minimum Gasteiger partial charge on any atom is -0.393 e. The number of nitrogens with zero attached hydrogens (tertiary/aromatic N) is 4. The number of hydrogen-bond donors (Lipinski definition) is 6. The molecule has 0 saturated heterocycles. The van der Waals surface area contributed by atoms with Gasteiger partial charge in [-0.3, -0.25) is 0 Å². The molecule has 2 aromatic heterocycles. The summed E-state index contributed by atoms with van der Waals surface area (Å²) in [5.41, 5.74) is 11.5. The summed E-state index contributed by atoms with van der Waals surface area (Å²) in [5, 5.41) is 27.7. The summed E-state index contributed by atoms with van der Waals surface area (Å²) in [6.45, 7) is 0. The van der Waals surface area contributed by atoms with Gasteiger partial charge in [-0.15, -0.1) is 0 Å². The van der Waals surface area contributed by atoms with E-state index in [1.54, 1.807) is 35.9 Å². The molecule has 0 radical (unpaired) electrons. The van der Waals surface area contributed by atoms with Gasteiger partial charge in [0.25, 0.3) is 0 Å². The van der Waals surface area contributed by atoms with E-state index in [2.05, 4.69) is 30.6 Å². The van der Waals surface area contributed by atoms with Crippen molar-refractivity contribution in [1.29, 1.82) is 0 Å². The lowest BCUT2D eigenvalue weighted by Gasteiger charge is -2.27. The van der Waals surface area contributed by atoms with E-state index in [0.717, 1.165) is 82.6 Å². The van der Waals surface area contributed by atoms with Crippen molar-refractivity contribution in [3.8, 4) is 0 Å². The van der Waals surface area contributed by atoms with Crippen LogP contribution in [-0.2, 0) is 0 Å². The van der Waals surface area contributed by atoms with Gasteiger partial charge in [-0.1, -0.05) is 46.7 Å². The first-order valence-corrected chi connectivity index (χ1v) is 17.6. The van der Waals surface area contributed by atoms with Crippen LogP contribution in [-0.4, -0.2) is 54.4 Å². The molecule has 0 bridgehead atoms. The Morgan fingerprint density at radius 2 is 1.11 bits per heavy atom. The number of aliphatic hydroxyl groups is 2. The third-order valence-corrected chi connectivity index (χ3v) is 10.2. The van der Waals surface area contributed by atoms with Crippen LogP contribution in [0, 0.1) is 0 Å². The number of rotatable bonds is 8. The maximum atomic E-state index is 9.83. The van der Waals surface area contributed by atoms with Gasteiger partial charge in [-0.05, 0) is 99.9 Å². The van der Waals surface area contributed by atoms with Crippen molar-refractivity contribution in [2.75, 3.05) is 22.1 Å². The second kappa shape index (κ2) is 16.7. The van der Waals surface area contributed by atoms with Crippen LogP contribution in [0.5, 0.6) is 0 Å². The van der Waals surface area contributed by atoms with E-state index >= 15 is 0 Å². The van der Waals surface area contributed by atoms with E-state index in [9.17, 15) is 10.2 Å². The molecule has 2 fully saturated rings. The third kappa shape index (κ3) is 10.5. The zero-order valence-corrected chi connectivity index (χ0v) is 28.3. The normalized spacial score (nSPS) is 21.1. The summed E-state index contributed by atoms with van der Waals surface area (Å²) >= 11 is 15.0. The second-order valence-electron chi connectivity index (χ2n) is 11.3. The number of anilines is 4. The van der Waals surface area contributed by atoms with Crippen LogP contribution in [0.2, 0.25) is 10.0 Å². The highest BCUT2D eigenvalue weighted by Gasteiger charge is 2.22. The van der Waals surface area contributed by atoms with Crippen molar-refractivity contribution in [2.24, 2.45) is 0 Å². The molecule has 2 saturated carbocycles. The van der Waals surface area contributed by atoms with E-state index in [4.69, 9.17) is 34.7 Å². The molecule has 0 aliphatic heterocycles. The average molecular weight is 702 g/mol. The summed E-state index contributed by atoms with van der Waals surface area (Å²) < 4.78 is 0. The summed E-state index contributed by atoms with van der Waals surface area (Å²) in [6.07, 6.45) is 10.2. The van der Waals surface area contributed by atoms with Gasteiger partial charge in [0.15, 0.2) is 0 Å². The maximum Gasteiger partial charge on any atom is 0.221 e. The predicted molar refractivity (Wildman–Crippen MR) is 188 cm³/mol. The fourth-order valence-electron chi connectivity index (χ4n) is 5.29. The Balaban J connectivity index is 0.000000181. The Morgan fingerprint density at radius 1 is 0.630 bits per heavy atom. The summed E-state index contributed by atoms with van der Waals surface area (Å²) in [7, 11) is 0. The lowest BCUT2D eigenvalue weighted by molar-refractivity contribution is 0.124. The van der Waals surface area contributed by atoms with E-state index in [0.29, 0.717) is 16.1 Å². The molecule has 2 aliphatic carbocycles. The topological polar surface area (TPSA) is 168 Å². The molecule has 46 heavy (non-hydrogen) atoms. The minimum atomic E-state index is -0.243. The van der Waals surface area contributed by atoms with Gasteiger partial charge in [-0.25, -0.2) is 9.97 Å². The molecular formula is C32H38Cl2N8O2S2. The Morgan fingerprint density at radius 3 is 1.59 bits per heavy atom. The second-order valence-corrected chi connectivity index (χ2v) is 14.4. The Labute approximate surface area is 287 Å². The Bertz CT molecular complexity index is 1560. The summed E-state index contributed by atoms with van der Waals surface area (Å²) in [6, 6.07) is 15.8. The fraction of sp³-hybridized carbons (Fsp3) is 0.375. The standard InChI is InChI=1S/2C16H19ClN4OS/c17-10-1-7-13(8-2-10)23-14-9-19-16(18)21-15(14)20-11-3-5-12(22)6-4-11;17-10-4-6-13(7-5-10)23-14-9-19-16(18)21-15(14)20-11-2-1-3-12(22)8-11/h1-2,7-9,11-12,22H,3-6H2,(H3,18,19,20,21);4-7,9,11-12,22H,1-3,8H2,(H3,18,19,20,21)/t;11-,12+/m.0/s1. The number of aliphatic hydroxyl groups excluding tert-OH is 2. The zero-order valence-electron chi connectivity index (χ0n) is 25.2. The molecule has 244 valence electrons. The summed E-state index contributed by atoms with van der Waals surface area (Å²) in [4.78, 5) is 20.8. The number of benzene rings is 2. The molecule has 2 aromatic carbocycles. The van der Waals surface area contributed by atoms with Crippen molar-refractivity contribution in [3.63, 3.8) is 0 Å². The number of halogens is 2. The fourth-order valence-corrected chi connectivity index (χ4v) is 7.20. The molecule has 2 atom stereocenters. The quantitative estimate of drug-likeness (QED) is 0.110. The van der Waals surface area contributed by atoms with Crippen LogP contribution >= 0.6 is 46.7 Å². The highest BCUT2D eigenvalue weighted by atomic mass is 35.5. The highest BCUT2D eigenvalue weighted by molar-refractivity contribution is 7.99. The molecular weight excluding hydrogens is 663 g/mol. The Hall–Kier alpha value is -3.00. The van der Waals surface area contributed by atoms with Gasteiger partial charge in [0.2, 0.25) is 11.9 Å². The SMILES string of the molecule is Nc1ncc(Sc2ccc(Cl)cc2)c(NC2CCC(O)CC2)n1.Nc1ncc(Sc2ccc(Cl)cc2)c(N[C@H]2CCC[C@@H](O)C2)n1. The number of aromatic nitrogens is 4. The third-order valence-electron chi connectivity index (χ3n) is 7.66. The van der Waals surface area contributed by atoms with Crippen molar-refractivity contribution in [2.45, 2.75) is 95.2 Å². The van der Waals surface area contributed by atoms with E-state index in [1.165, 1.54) is 0 Å². The molecule has 2 heterocycles. The highest BCUT2D eigenvalue weighted by Crippen LogP contribution is 2.35. The van der Waals surface area contributed by atoms with E-state index in [1.807, 2.05) is 48.5 Å². The average Bonchev–Trinajstić information content (AvgIpc) is 3.03. The van der Waals surface area contributed by atoms with Gasteiger partial charge in [-0.2, -0.15) is 9.97 Å². The first-order chi connectivity index (χ1) is 22.2. The van der Waals surface area contributed by atoms with Crippen LogP contribution in [0.4, 0.5) is 23.5 Å². The van der Waals surface area contributed by atoms with Crippen molar-refractivity contribution in [3.05, 3.63) is 71.0 Å². The molecule has 8 N–H and O–H groups in total. The molecule has 10 nitrogen and oxygen atoms in total. The number of nitrogens with one attached hydrogen (secondary N) is 2. The maximum absolute atomic E-state index is 9.83. The van der Waals surface area contributed by atoms with Crippen molar-refractivity contribution < 1.29 is 10.2 Å². The van der Waals surface area contributed by atoms with Gasteiger partial charge in [0.05, 0.1) is 22.0 Å². The zero-order chi connectivity index (χ0) is 32.5. The van der Waals surface area contributed by atoms with Gasteiger partial charge >= 0.3 is 0 Å². The number of nitrogens with two attached hydrogens (primary N) is 2. The van der Waals surface area contributed by atoms with Crippen LogP contribution in [0.3, 0.4) is 0 Å². The van der Waals surface area contributed by atoms with Crippen molar-refractivity contribution >= 4 is 70.3 Å². The first-order valence-electron chi connectivity index (χ1n) is 15.2. The molecule has 0 spiro atoms. The van der Waals surface area contributed by atoms with Crippen LogP contribution in [0.25, 0.3) is 0 Å². The van der Waals surface area contributed by atoms with Gasteiger partial charge < -0.3 is 32.3 Å². The predicted octanol–water partition coefficient (Wildman–Crippen LogP) is 7.16. The number of hydrogen-bond acceptors (Lipinski definition) is 12. The van der Waals surface area contributed by atoms with Crippen molar-refractivity contribution in [1.82, 2.24) is 19.9 Å². The molecule has 0 unspecified atom stereocenters. The Kier molecular flexibility index (Phi) is 12.5. The van der Waals surface area contributed by atoms with Crippen LogP contribution in [0.1, 0.15) is 51.4 Å². The molecule has 2 aliphatic rings. The molecule has 14 heteroatoms. The van der Waals surface area contributed by atoms with Gasteiger partial charge in [0.1, 0.15) is 11.6 Å². The smallest absolute Gasteiger partial charge is 0.221 e. The molecule has 6 rings (SSSR count). The monoisotopic (exact) mass is 700 g/mol. The minimum absolute atomic E-state index is 0.175. The summed E-state index contributed by atoms with van der Waals surface area (Å²) in [5.74, 6) is 1.96. The lowest BCUT2D eigenvalue weighted by Crippen LogP contribution is -2.30. The first kappa shape index (κ1) is 34.3. The molecule has 4 aromatic rings. The lowest BCUT2D eigenvalue weighted by atomic mass is 9.93. The molecule has 0 amide bonds. The van der Waals surface area contributed by atoms with E-state index in [-0.39, 0.29) is 30.1 Å². The number of nitrogen functional groups attached to an aromatic ring is 2. The van der Waals surface area contributed by atoms with E-state index < -0.39 is 0 Å². The van der Waals surface area contributed by atoms with Gasteiger partial charge in [0, 0.05) is 44.3 Å².